The molecule has 0 bridgehead atoms. The maximum absolute atomic E-state index is 13.0. The third kappa shape index (κ3) is 4.01. The third-order valence-corrected chi connectivity index (χ3v) is 5.76. The largest absolute Gasteiger partial charge is 0.416 e. The minimum absolute atomic E-state index is 0.0797. The van der Waals surface area contributed by atoms with Gasteiger partial charge in [0.1, 0.15) is 5.92 Å². The number of sulfonamides is 1. The summed E-state index contributed by atoms with van der Waals surface area (Å²) in [5.41, 5.74) is -0.800. The second-order valence-corrected chi connectivity index (χ2v) is 7.92. The van der Waals surface area contributed by atoms with E-state index in [1.165, 1.54) is 36.4 Å². The van der Waals surface area contributed by atoms with Crippen molar-refractivity contribution in [3.63, 3.8) is 0 Å². The first-order valence-electron chi connectivity index (χ1n) is 8.16. The lowest BCUT2D eigenvalue weighted by Crippen LogP contribution is -2.40. The molecular formula is C18H15F3N2O4S. The summed E-state index contributed by atoms with van der Waals surface area (Å²) in [4.78, 5) is 24.5. The van der Waals surface area contributed by atoms with E-state index in [-0.39, 0.29) is 17.0 Å². The van der Waals surface area contributed by atoms with E-state index in [0.29, 0.717) is 0 Å². The maximum atomic E-state index is 13.0. The number of hydrogen-bond donors (Lipinski definition) is 2. The summed E-state index contributed by atoms with van der Waals surface area (Å²) < 4.78 is 65.4. The Bertz CT molecular complexity index is 1010. The molecule has 2 N–H and O–H groups in total. The molecule has 148 valence electrons. The number of carbonyl (C=O) groups is 2. The first-order chi connectivity index (χ1) is 13.1. The molecule has 10 heteroatoms. The van der Waals surface area contributed by atoms with Crippen molar-refractivity contribution in [3.8, 4) is 0 Å². The molecule has 6 nitrogen and oxygen atoms in total. The maximum Gasteiger partial charge on any atom is 0.416 e. The van der Waals surface area contributed by atoms with E-state index in [4.69, 9.17) is 0 Å². The normalized spacial score (nSPS) is 19.9. The van der Waals surface area contributed by atoms with Gasteiger partial charge in [0, 0.05) is 12.5 Å². The Balaban J connectivity index is 1.88. The molecule has 0 aromatic heterocycles. The van der Waals surface area contributed by atoms with E-state index in [1.54, 1.807) is 6.07 Å². The molecule has 1 fully saturated rings. The summed E-state index contributed by atoms with van der Waals surface area (Å²) >= 11 is 0. The van der Waals surface area contributed by atoms with Crippen molar-refractivity contribution < 1.29 is 31.2 Å². The molecule has 0 spiro atoms. The molecule has 0 saturated carbocycles. The molecular weight excluding hydrogens is 397 g/mol. The van der Waals surface area contributed by atoms with Gasteiger partial charge in [0.05, 0.1) is 10.5 Å². The van der Waals surface area contributed by atoms with Crippen LogP contribution in [-0.2, 0) is 25.8 Å². The molecule has 28 heavy (non-hydrogen) atoms. The van der Waals surface area contributed by atoms with Gasteiger partial charge in [-0.3, -0.25) is 9.59 Å². The average molecular weight is 412 g/mol. The smallest absolute Gasteiger partial charge is 0.355 e. The number of benzene rings is 2. The topological polar surface area (TPSA) is 92.3 Å². The Morgan fingerprint density at radius 3 is 2.39 bits per heavy atom. The van der Waals surface area contributed by atoms with Crippen molar-refractivity contribution in [3.05, 3.63) is 65.7 Å². The second-order valence-electron chi connectivity index (χ2n) is 6.24. The molecule has 2 aromatic carbocycles. The van der Waals surface area contributed by atoms with Crippen LogP contribution in [0, 0.1) is 5.92 Å². The minimum Gasteiger partial charge on any atom is -0.355 e. The zero-order valence-electron chi connectivity index (χ0n) is 14.2. The number of amides is 2. The van der Waals surface area contributed by atoms with Crippen LogP contribution in [0.25, 0.3) is 0 Å². The molecule has 1 saturated heterocycles. The highest BCUT2D eigenvalue weighted by atomic mass is 32.2. The number of carbonyl (C=O) groups excluding carboxylic acids is 2. The Morgan fingerprint density at radius 2 is 1.75 bits per heavy atom. The molecule has 1 heterocycles. The van der Waals surface area contributed by atoms with E-state index in [0.717, 1.165) is 12.1 Å². The number of nitrogens with one attached hydrogen (secondary N) is 2. The number of alkyl halides is 3. The molecule has 1 aliphatic heterocycles. The predicted molar refractivity (Wildman–Crippen MR) is 92.5 cm³/mol. The fraction of sp³-hybridized carbons (Fsp3) is 0.222. The fourth-order valence-corrected chi connectivity index (χ4v) is 4.06. The predicted octanol–water partition coefficient (Wildman–Crippen LogP) is 2.04. The van der Waals surface area contributed by atoms with E-state index in [2.05, 4.69) is 5.32 Å². The van der Waals surface area contributed by atoms with Crippen LogP contribution in [0.1, 0.15) is 17.0 Å². The van der Waals surface area contributed by atoms with E-state index >= 15 is 0 Å². The zero-order chi connectivity index (χ0) is 20.5. The SMILES string of the molecule is O=C1NCC(c2cccc(C(F)(F)F)c2)C1C(=O)NS(=O)(=O)c1ccccc1. The molecule has 2 unspecified atom stereocenters. The van der Waals surface area contributed by atoms with Crippen LogP contribution in [0.4, 0.5) is 13.2 Å². The van der Waals surface area contributed by atoms with Crippen LogP contribution in [-0.4, -0.2) is 26.8 Å². The van der Waals surface area contributed by atoms with E-state index in [9.17, 15) is 31.2 Å². The number of halogens is 3. The summed E-state index contributed by atoms with van der Waals surface area (Å²) in [7, 11) is -4.22. The summed E-state index contributed by atoms with van der Waals surface area (Å²) in [6.07, 6.45) is -4.58. The molecule has 2 aromatic rings. The Morgan fingerprint density at radius 1 is 1.07 bits per heavy atom. The highest BCUT2D eigenvalue weighted by Gasteiger charge is 2.43. The van der Waals surface area contributed by atoms with Crippen molar-refractivity contribution in [2.75, 3.05) is 6.54 Å². The van der Waals surface area contributed by atoms with E-state index < -0.39 is 45.4 Å². The highest BCUT2D eigenvalue weighted by molar-refractivity contribution is 7.90. The minimum atomic E-state index is -4.58. The lowest BCUT2D eigenvalue weighted by atomic mass is 9.87. The van der Waals surface area contributed by atoms with Gasteiger partial charge < -0.3 is 5.32 Å². The first-order valence-corrected chi connectivity index (χ1v) is 9.64. The van der Waals surface area contributed by atoms with Crippen molar-refractivity contribution in [1.82, 2.24) is 10.0 Å². The van der Waals surface area contributed by atoms with Gasteiger partial charge in [-0.2, -0.15) is 13.2 Å². The van der Waals surface area contributed by atoms with Crippen molar-refractivity contribution >= 4 is 21.8 Å². The summed E-state index contributed by atoms with van der Waals surface area (Å²) in [5, 5.41) is 2.41. The monoisotopic (exact) mass is 412 g/mol. The molecule has 2 amide bonds. The Kier molecular flexibility index (Phi) is 5.16. The number of hydrogen-bond acceptors (Lipinski definition) is 4. The zero-order valence-corrected chi connectivity index (χ0v) is 15.0. The van der Waals surface area contributed by atoms with Crippen molar-refractivity contribution in [2.24, 2.45) is 5.92 Å². The third-order valence-electron chi connectivity index (χ3n) is 4.39. The van der Waals surface area contributed by atoms with Gasteiger partial charge in [-0.15, -0.1) is 0 Å². The van der Waals surface area contributed by atoms with Gasteiger partial charge in [-0.05, 0) is 23.8 Å². The average Bonchev–Trinajstić information content (AvgIpc) is 3.03. The first kappa shape index (κ1) is 19.9. The Hall–Kier alpha value is -2.88. The summed E-state index contributed by atoms with van der Waals surface area (Å²) in [6, 6.07) is 11.3. The Labute approximate surface area is 158 Å². The molecule has 2 atom stereocenters. The van der Waals surface area contributed by atoms with E-state index in [1.807, 2.05) is 4.72 Å². The van der Waals surface area contributed by atoms with Crippen LogP contribution < -0.4 is 10.0 Å². The lowest BCUT2D eigenvalue weighted by Gasteiger charge is -2.18. The second kappa shape index (κ2) is 7.27. The molecule has 0 aliphatic carbocycles. The van der Waals surface area contributed by atoms with Gasteiger partial charge in [0.15, 0.2) is 0 Å². The fourth-order valence-electron chi connectivity index (χ4n) is 3.03. The van der Waals surface area contributed by atoms with Crippen LogP contribution in [0.15, 0.2) is 59.5 Å². The van der Waals surface area contributed by atoms with Crippen molar-refractivity contribution in [2.45, 2.75) is 17.0 Å². The number of rotatable bonds is 4. The highest BCUT2D eigenvalue weighted by Crippen LogP contribution is 2.34. The van der Waals surface area contributed by atoms with Crippen molar-refractivity contribution in [1.29, 1.82) is 0 Å². The van der Waals surface area contributed by atoms with Gasteiger partial charge >= 0.3 is 6.18 Å². The van der Waals surface area contributed by atoms with Crippen LogP contribution in [0.5, 0.6) is 0 Å². The van der Waals surface area contributed by atoms with Crippen LogP contribution in [0.2, 0.25) is 0 Å². The van der Waals surface area contributed by atoms with Gasteiger partial charge in [0.25, 0.3) is 10.0 Å². The van der Waals surface area contributed by atoms with Gasteiger partial charge in [-0.1, -0.05) is 36.4 Å². The summed E-state index contributed by atoms with van der Waals surface area (Å²) in [5.74, 6) is -4.24. The standard InChI is InChI=1S/C18H15F3N2O4S/c19-18(20,21)12-6-4-5-11(9-12)14-10-22-16(24)15(14)17(25)23-28(26,27)13-7-2-1-3-8-13/h1-9,14-15H,10H2,(H,22,24)(H,23,25). The summed E-state index contributed by atoms with van der Waals surface area (Å²) in [6.45, 7) is -0.0797. The quantitative estimate of drug-likeness (QED) is 0.752. The lowest BCUT2D eigenvalue weighted by molar-refractivity contribution is -0.137. The van der Waals surface area contributed by atoms with Crippen LogP contribution >= 0.6 is 0 Å². The van der Waals surface area contributed by atoms with Gasteiger partial charge in [-0.25, -0.2) is 13.1 Å². The molecule has 1 aliphatic rings. The van der Waals surface area contributed by atoms with Gasteiger partial charge in [0.2, 0.25) is 11.8 Å². The molecule has 0 radical (unpaired) electrons. The molecule has 3 rings (SSSR count). The van der Waals surface area contributed by atoms with Crippen LogP contribution in [0.3, 0.4) is 0 Å².